The van der Waals surface area contributed by atoms with E-state index >= 15 is 0 Å². The van der Waals surface area contributed by atoms with Crippen LogP contribution in [0.3, 0.4) is 0 Å². The molecule has 0 aliphatic heterocycles. The van der Waals surface area contributed by atoms with Crippen molar-refractivity contribution in [1.82, 2.24) is 14.7 Å². The molecule has 108 valence electrons. The first-order valence-corrected chi connectivity index (χ1v) is 7.45. The van der Waals surface area contributed by atoms with Crippen LogP contribution in [-0.4, -0.2) is 34.3 Å². The Kier molecular flexibility index (Phi) is 4.31. The second-order valence-electron chi connectivity index (χ2n) is 6.31. The number of rotatable bonds is 4. The Hall–Kier alpha value is -0.870. The number of likely N-dealkylation sites (N-methyl/N-ethyl adjacent to an activating group) is 1. The Morgan fingerprint density at radius 2 is 2.32 bits per heavy atom. The molecule has 0 aromatic carbocycles. The van der Waals surface area contributed by atoms with Crippen LogP contribution in [0.2, 0.25) is 0 Å². The summed E-state index contributed by atoms with van der Waals surface area (Å²) < 4.78 is 1.96. The molecule has 1 fully saturated rings. The van der Waals surface area contributed by atoms with Gasteiger partial charge in [-0.25, -0.2) is 0 Å². The fourth-order valence-electron chi connectivity index (χ4n) is 3.55. The van der Waals surface area contributed by atoms with Crippen LogP contribution in [0.25, 0.3) is 0 Å². The fourth-order valence-corrected chi connectivity index (χ4v) is 3.55. The van der Waals surface area contributed by atoms with Crippen LogP contribution in [0.15, 0.2) is 12.4 Å². The number of hydrogen-bond acceptors (Lipinski definition) is 3. The zero-order valence-electron chi connectivity index (χ0n) is 12.8. The van der Waals surface area contributed by atoms with Gasteiger partial charge in [-0.2, -0.15) is 5.10 Å². The monoisotopic (exact) mass is 264 g/mol. The molecule has 2 rings (SSSR count). The highest BCUT2D eigenvalue weighted by atomic mass is 15.3. The van der Waals surface area contributed by atoms with Gasteiger partial charge in [-0.3, -0.25) is 4.68 Å². The van der Waals surface area contributed by atoms with E-state index in [1.165, 1.54) is 31.2 Å². The van der Waals surface area contributed by atoms with Crippen molar-refractivity contribution in [2.24, 2.45) is 11.7 Å². The Morgan fingerprint density at radius 1 is 1.58 bits per heavy atom. The third-order valence-electron chi connectivity index (χ3n) is 4.81. The molecule has 19 heavy (non-hydrogen) atoms. The lowest BCUT2D eigenvalue weighted by atomic mass is 9.70. The van der Waals surface area contributed by atoms with Crippen molar-refractivity contribution in [3.8, 4) is 0 Å². The van der Waals surface area contributed by atoms with E-state index in [0.29, 0.717) is 0 Å². The van der Waals surface area contributed by atoms with Gasteiger partial charge in [0.25, 0.3) is 0 Å². The lowest BCUT2D eigenvalue weighted by Gasteiger charge is -2.48. The molecule has 1 saturated carbocycles. The van der Waals surface area contributed by atoms with Crippen molar-refractivity contribution < 1.29 is 0 Å². The third-order valence-corrected chi connectivity index (χ3v) is 4.81. The fraction of sp³-hybridized carbons (Fsp3) is 0.800. The van der Waals surface area contributed by atoms with E-state index in [0.717, 1.165) is 12.5 Å². The summed E-state index contributed by atoms with van der Waals surface area (Å²) in [5, 5.41) is 4.38. The van der Waals surface area contributed by atoms with Gasteiger partial charge in [-0.15, -0.1) is 0 Å². The van der Waals surface area contributed by atoms with Gasteiger partial charge in [0.2, 0.25) is 0 Å². The number of aryl methyl sites for hydroxylation is 1. The summed E-state index contributed by atoms with van der Waals surface area (Å²) in [5.41, 5.74) is 7.89. The molecule has 1 heterocycles. The van der Waals surface area contributed by atoms with Crippen molar-refractivity contribution >= 4 is 0 Å². The van der Waals surface area contributed by atoms with Gasteiger partial charge in [0.1, 0.15) is 0 Å². The maximum atomic E-state index is 6.64. The minimum atomic E-state index is 0.0468. The van der Waals surface area contributed by atoms with Gasteiger partial charge in [0.05, 0.1) is 12.2 Å². The number of nitrogens with zero attached hydrogens (tertiary/aromatic N) is 3. The van der Waals surface area contributed by atoms with E-state index in [2.05, 4.69) is 44.1 Å². The zero-order valence-corrected chi connectivity index (χ0v) is 12.8. The molecule has 1 aromatic heterocycles. The normalized spacial score (nSPS) is 29.7. The van der Waals surface area contributed by atoms with Crippen LogP contribution in [0.4, 0.5) is 0 Å². The molecule has 1 aliphatic rings. The SMILES string of the molecule is CCn1cc(C(N)C2(N(C)C)CCCC(C)C2)cn1. The van der Waals surface area contributed by atoms with E-state index in [-0.39, 0.29) is 11.6 Å². The Morgan fingerprint density at radius 3 is 2.84 bits per heavy atom. The minimum Gasteiger partial charge on any atom is -0.322 e. The molecule has 0 spiro atoms. The molecule has 0 amide bonds. The molecule has 3 atom stereocenters. The third kappa shape index (κ3) is 2.70. The van der Waals surface area contributed by atoms with E-state index in [1.807, 2.05) is 10.9 Å². The molecule has 4 nitrogen and oxygen atoms in total. The first-order valence-electron chi connectivity index (χ1n) is 7.45. The standard InChI is InChI=1S/C15H28N4/c1-5-19-11-13(10-17-19)14(16)15(18(3)4)8-6-7-12(2)9-15/h10-12,14H,5-9,16H2,1-4H3. The van der Waals surface area contributed by atoms with Crippen molar-refractivity contribution in [2.75, 3.05) is 14.1 Å². The average Bonchev–Trinajstić information content (AvgIpc) is 2.86. The quantitative estimate of drug-likeness (QED) is 0.908. The lowest BCUT2D eigenvalue weighted by molar-refractivity contribution is 0.0499. The second-order valence-corrected chi connectivity index (χ2v) is 6.31. The van der Waals surface area contributed by atoms with Crippen molar-refractivity contribution in [3.05, 3.63) is 18.0 Å². The number of nitrogens with two attached hydrogens (primary N) is 1. The summed E-state index contributed by atoms with van der Waals surface area (Å²) in [6.45, 7) is 5.35. The summed E-state index contributed by atoms with van der Waals surface area (Å²) >= 11 is 0. The van der Waals surface area contributed by atoms with Gasteiger partial charge < -0.3 is 10.6 Å². The van der Waals surface area contributed by atoms with Gasteiger partial charge >= 0.3 is 0 Å². The number of hydrogen-bond donors (Lipinski definition) is 1. The summed E-state index contributed by atoms with van der Waals surface area (Å²) in [6, 6.07) is 0.0468. The lowest BCUT2D eigenvalue weighted by Crippen LogP contribution is -2.54. The van der Waals surface area contributed by atoms with Crippen LogP contribution in [-0.2, 0) is 6.54 Å². The molecule has 0 bridgehead atoms. The molecule has 1 aromatic rings. The molecular formula is C15H28N4. The molecule has 0 saturated heterocycles. The van der Waals surface area contributed by atoms with E-state index in [1.54, 1.807) is 0 Å². The maximum Gasteiger partial charge on any atom is 0.0538 e. The predicted octanol–water partition coefficient (Wildman–Crippen LogP) is 2.41. The topological polar surface area (TPSA) is 47.1 Å². The summed E-state index contributed by atoms with van der Waals surface area (Å²) in [7, 11) is 4.34. The Balaban J connectivity index is 2.27. The molecule has 4 heteroatoms. The Labute approximate surface area is 117 Å². The van der Waals surface area contributed by atoms with Gasteiger partial charge in [-0.1, -0.05) is 19.8 Å². The smallest absolute Gasteiger partial charge is 0.0538 e. The Bertz CT molecular complexity index is 412. The average molecular weight is 264 g/mol. The van der Waals surface area contributed by atoms with E-state index in [9.17, 15) is 0 Å². The first-order chi connectivity index (χ1) is 8.99. The van der Waals surface area contributed by atoms with Gasteiger partial charge in [-0.05, 0) is 39.8 Å². The van der Waals surface area contributed by atoms with Crippen LogP contribution >= 0.6 is 0 Å². The second kappa shape index (κ2) is 5.63. The molecule has 2 N–H and O–H groups in total. The van der Waals surface area contributed by atoms with E-state index in [4.69, 9.17) is 5.73 Å². The predicted molar refractivity (Wildman–Crippen MR) is 78.9 cm³/mol. The van der Waals surface area contributed by atoms with E-state index < -0.39 is 0 Å². The maximum absolute atomic E-state index is 6.64. The van der Waals surface area contributed by atoms with Crippen LogP contribution < -0.4 is 5.73 Å². The summed E-state index contributed by atoms with van der Waals surface area (Å²) in [6.07, 6.45) is 9.01. The molecule has 1 aliphatic carbocycles. The summed E-state index contributed by atoms with van der Waals surface area (Å²) in [5.74, 6) is 0.753. The zero-order chi connectivity index (χ0) is 14.0. The molecular weight excluding hydrogens is 236 g/mol. The number of aromatic nitrogens is 2. The molecule has 3 unspecified atom stereocenters. The van der Waals surface area contributed by atoms with Crippen molar-refractivity contribution in [3.63, 3.8) is 0 Å². The summed E-state index contributed by atoms with van der Waals surface area (Å²) in [4.78, 5) is 2.34. The minimum absolute atomic E-state index is 0.0468. The van der Waals surface area contributed by atoms with Crippen LogP contribution in [0, 0.1) is 5.92 Å². The largest absolute Gasteiger partial charge is 0.322 e. The van der Waals surface area contributed by atoms with Crippen molar-refractivity contribution in [2.45, 2.75) is 57.7 Å². The van der Waals surface area contributed by atoms with Gasteiger partial charge in [0.15, 0.2) is 0 Å². The first kappa shape index (κ1) is 14.5. The highest BCUT2D eigenvalue weighted by Crippen LogP contribution is 2.42. The van der Waals surface area contributed by atoms with Crippen LogP contribution in [0.5, 0.6) is 0 Å². The molecule has 0 radical (unpaired) electrons. The highest BCUT2D eigenvalue weighted by Gasteiger charge is 2.43. The highest BCUT2D eigenvalue weighted by molar-refractivity contribution is 5.18. The van der Waals surface area contributed by atoms with Crippen molar-refractivity contribution in [1.29, 1.82) is 0 Å². The van der Waals surface area contributed by atoms with Gasteiger partial charge in [0, 0.05) is 23.8 Å². The van der Waals surface area contributed by atoms with Crippen LogP contribution in [0.1, 0.15) is 51.1 Å².